The lowest BCUT2D eigenvalue weighted by molar-refractivity contribution is -0.133. The lowest BCUT2D eigenvalue weighted by atomic mass is 9.99. The second kappa shape index (κ2) is 6.89. The van der Waals surface area contributed by atoms with E-state index in [4.69, 9.17) is 5.73 Å². The van der Waals surface area contributed by atoms with E-state index in [2.05, 4.69) is 38.1 Å². The summed E-state index contributed by atoms with van der Waals surface area (Å²) in [6, 6.07) is 8.46. The van der Waals surface area contributed by atoms with Gasteiger partial charge >= 0.3 is 0 Å². The Bertz CT molecular complexity index is 439. The highest BCUT2D eigenvalue weighted by Gasteiger charge is 2.20. The average Bonchev–Trinajstić information content (AvgIpc) is 2.41. The fourth-order valence-electron chi connectivity index (χ4n) is 2.77. The van der Waals surface area contributed by atoms with E-state index in [0.717, 1.165) is 31.4 Å². The third-order valence-electron chi connectivity index (χ3n) is 3.89. The minimum atomic E-state index is -0.0786. The predicted octanol–water partition coefficient (Wildman–Crippen LogP) is 2.90. The molecular formula is C17H26N2O. The molecule has 1 atom stereocenters. The highest BCUT2D eigenvalue weighted by molar-refractivity contribution is 5.76. The first-order chi connectivity index (χ1) is 9.56. The maximum atomic E-state index is 11.8. The van der Waals surface area contributed by atoms with Gasteiger partial charge < -0.3 is 10.6 Å². The summed E-state index contributed by atoms with van der Waals surface area (Å²) in [5.41, 5.74) is 8.72. The van der Waals surface area contributed by atoms with Gasteiger partial charge in [-0.3, -0.25) is 4.79 Å². The first-order valence-corrected chi connectivity index (χ1v) is 7.68. The molecule has 1 aromatic rings. The Hall–Kier alpha value is -1.35. The van der Waals surface area contributed by atoms with Crippen molar-refractivity contribution >= 4 is 5.91 Å². The van der Waals surface area contributed by atoms with E-state index < -0.39 is 0 Å². The predicted molar refractivity (Wildman–Crippen MR) is 82.3 cm³/mol. The number of benzene rings is 1. The van der Waals surface area contributed by atoms with E-state index >= 15 is 0 Å². The number of likely N-dealkylation sites (tertiary alicyclic amines) is 1. The van der Waals surface area contributed by atoms with Gasteiger partial charge in [0.05, 0.1) is 0 Å². The van der Waals surface area contributed by atoms with Crippen molar-refractivity contribution in [3.8, 4) is 0 Å². The number of nitrogens with zero attached hydrogens (tertiary/aromatic N) is 1. The molecule has 1 heterocycles. The van der Waals surface area contributed by atoms with Crippen molar-refractivity contribution in [2.24, 2.45) is 11.7 Å². The maximum Gasteiger partial charge on any atom is 0.222 e. The van der Waals surface area contributed by atoms with Gasteiger partial charge in [-0.15, -0.1) is 0 Å². The second-order valence-electron chi connectivity index (χ2n) is 6.24. The molecule has 0 saturated carbocycles. The van der Waals surface area contributed by atoms with Gasteiger partial charge in [0.1, 0.15) is 0 Å². The smallest absolute Gasteiger partial charge is 0.222 e. The molecule has 1 saturated heterocycles. The van der Waals surface area contributed by atoms with Crippen molar-refractivity contribution in [3.63, 3.8) is 0 Å². The molecule has 1 aliphatic rings. The summed E-state index contributed by atoms with van der Waals surface area (Å²) in [4.78, 5) is 13.7. The van der Waals surface area contributed by atoms with Gasteiger partial charge in [0.15, 0.2) is 0 Å². The van der Waals surface area contributed by atoms with Crippen molar-refractivity contribution in [1.82, 2.24) is 4.90 Å². The SMILES string of the molecule is CC(C)Cc1ccc(C(N)CN2CCCCC2=O)cc1. The highest BCUT2D eigenvalue weighted by Crippen LogP contribution is 2.18. The third kappa shape index (κ3) is 4.07. The van der Waals surface area contributed by atoms with Crippen LogP contribution < -0.4 is 5.73 Å². The summed E-state index contributed by atoms with van der Waals surface area (Å²) < 4.78 is 0. The number of hydrogen-bond donors (Lipinski definition) is 1. The molecule has 0 aromatic heterocycles. The molecule has 3 nitrogen and oxygen atoms in total. The van der Waals surface area contributed by atoms with Crippen LogP contribution in [0.3, 0.4) is 0 Å². The van der Waals surface area contributed by atoms with E-state index in [9.17, 15) is 4.79 Å². The van der Waals surface area contributed by atoms with Crippen LogP contribution in [0.25, 0.3) is 0 Å². The van der Waals surface area contributed by atoms with Crippen molar-refractivity contribution in [3.05, 3.63) is 35.4 Å². The quantitative estimate of drug-likeness (QED) is 0.897. The Morgan fingerprint density at radius 1 is 1.20 bits per heavy atom. The zero-order valence-corrected chi connectivity index (χ0v) is 12.6. The molecule has 1 aromatic carbocycles. The van der Waals surface area contributed by atoms with Crippen LogP contribution in [0.4, 0.5) is 0 Å². The van der Waals surface area contributed by atoms with Crippen LogP contribution >= 0.6 is 0 Å². The van der Waals surface area contributed by atoms with Gasteiger partial charge in [0.25, 0.3) is 0 Å². The van der Waals surface area contributed by atoms with Gasteiger partial charge in [-0.1, -0.05) is 38.1 Å². The van der Waals surface area contributed by atoms with Crippen molar-refractivity contribution < 1.29 is 4.79 Å². The number of rotatable bonds is 5. The summed E-state index contributed by atoms with van der Waals surface area (Å²) in [6.07, 6.45) is 3.90. The molecule has 0 spiro atoms. The van der Waals surface area contributed by atoms with Crippen molar-refractivity contribution in [2.45, 2.75) is 45.6 Å². The number of carbonyl (C=O) groups excluding carboxylic acids is 1. The van der Waals surface area contributed by atoms with Crippen LogP contribution in [0.5, 0.6) is 0 Å². The first kappa shape index (κ1) is 15.0. The van der Waals surface area contributed by atoms with Gasteiger partial charge in [-0.2, -0.15) is 0 Å². The Kier molecular flexibility index (Phi) is 5.18. The molecule has 0 radical (unpaired) electrons. The normalized spacial score (nSPS) is 17.6. The molecule has 1 aliphatic heterocycles. The summed E-state index contributed by atoms with van der Waals surface area (Å²) in [7, 11) is 0. The number of amides is 1. The van der Waals surface area contributed by atoms with Crippen LogP contribution in [0.2, 0.25) is 0 Å². The molecule has 2 N–H and O–H groups in total. The monoisotopic (exact) mass is 274 g/mol. The van der Waals surface area contributed by atoms with E-state index in [1.54, 1.807) is 0 Å². The van der Waals surface area contributed by atoms with Crippen molar-refractivity contribution in [2.75, 3.05) is 13.1 Å². The Morgan fingerprint density at radius 2 is 1.90 bits per heavy atom. The minimum absolute atomic E-state index is 0.0786. The zero-order chi connectivity index (χ0) is 14.5. The van der Waals surface area contributed by atoms with E-state index in [-0.39, 0.29) is 11.9 Å². The molecular weight excluding hydrogens is 248 g/mol. The lowest BCUT2D eigenvalue weighted by Crippen LogP contribution is -2.40. The molecule has 110 valence electrons. The number of nitrogens with two attached hydrogens (primary N) is 1. The summed E-state index contributed by atoms with van der Waals surface area (Å²) >= 11 is 0. The van der Waals surface area contributed by atoms with E-state index in [1.165, 1.54) is 5.56 Å². The molecule has 0 bridgehead atoms. The molecule has 1 amide bonds. The van der Waals surface area contributed by atoms with Crippen LogP contribution in [0.1, 0.15) is 50.3 Å². The topological polar surface area (TPSA) is 46.3 Å². The van der Waals surface area contributed by atoms with Gasteiger partial charge in [-0.25, -0.2) is 0 Å². The zero-order valence-electron chi connectivity index (χ0n) is 12.6. The van der Waals surface area contributed by atoms with Crippen molar-refractivity contribution in [1.29, 1.82) is 0 Å². The Balaban J connectivity index is 1.94. The van der Waals surface area contributed by atoms with Crippen LogP contribution in [-0.4, -0.2) is 23.9 Å². The highest BCUT2D eigenvalue weighted by atomic mass is 16.2. The molecule has 1 fully saturated rings. The average molecular weight is 274 g/mol. The summed E-state index contributed by atoms with van der Waals surface area (Å²) in [5.74, 6) is 0.920. The van der Waals surface area contributed by atoms with Crippen LogP contribution in [-0.2, 0) is 11.2 Å². The van der Waals surface area contributed by atoms with Gasteiger partial charge in [0.2, 0.25) is 5.91 Å². The number of carbonyl (C=O) groups is 1. The lowest BCUT2D eigenvalue weighted by Gasteiger charge is -2.29. The molecule has 3 heteroatoms. The summed E-state index contributed by atoms with van der Waals surface area (Å²) in [6.45, 7) is 5.95. The molecule has 1 unspecified atom stereocenters. The number of hydrogen-bond acceptors (Lipinski definition) is 2. The molecule has 0 aliphatic carbocycles. The summed E-state index contributed by atoms with van der Waals surface area (Å²) in [5, 5.41) is 0. The largest absolute Gasteiger partial charge is 0.341 e. The van der Waals surface area contributed by atoms with Crippen LogP contribution in [0, 0.1) is 5.92 Å². The van der Waals surface area contributed by atoms with E-state index in [1.807, 2.05) is 4.90 Å². The standard InChI is InChI=1S/C17H26N2O/c1-13(2)11-14-6-8-15(9-7-14)16(18)12-19-10-4-3-5-17(19)20/h6-9,13,16H,3-5,10-12,18H2,1-2H3. The second-order valence-corrected chi connectivity index (χ2v) is 6.24. The Labute approximate surface area is 122 Å². The maximum absolute atomic E-state index is 11.8. The number of piperidine rings is 1. The fourth-order valence-corrected chi connectivity index (χ4v) is 2.77. The van der Waals surface area contributed by atoms with E-state index in [0.29, 0.717) is 18.9 Å². The third-order valence-corrected chi connectivity index (χ3v) is 3.89. The first-order valence-electron chi connectivity index (χ1n) is 7.68. The van der Waals surface area contributed by atoms with Crippen LogP contribution in [0.15, 0.2) is 24.3 Å². The Morgan fingerprint density at radius 3 is 2.50 bits per heavy atom. The molecule has 20 heavy (non-hydrogen) atoms. The minimum Gasteiger partial charge on any atom is -0.341 e. The molecule has 2 rings (SSSR count). The van der Waals surface area contributed by atoms with Gasteiger partial charge in [-0.05, 0) is 36.3 Å². The van der Waals surface area contributed by atoms with Gasteiger partial charge in [0, 0.05) is 25.6 Å². The fraction of sp³-hybridized carbons (Fsp3) is 0.588.